The monoisotopic (exact) mass is 347 g/mol. The second-order valence-electron chi connectivity index (χ2n) is 5.93. The van der Waals surface area contributed by atoms with Gasteiger partial charge in [0.15, 0.2) is 11.5 Å². The third kappa shape index (κ3) is 6.11. The molecule has 0 atom stereocenters. The summed E-state index contributed by atoms with van der Waals surface area (Å²) in [5.41, 5.74) is 0.931. The Morgan fingerprint density at radius 1 is 1.08 bits per heavy atom. The van der Waals surface area contributed by atoms with Crippen molar-refractivity contribution in [3.8, 4) is 17.2 Å². The third-order valence-electron chi connectivity index (χ3n) is 3.91. The number of benzene rings is 1. The Morgan fingerprint density at radius 2 is 1.79 bits per heavy atom. The van der Waals surface area contributed by atoms with E-state index < -0.39 is 19.2 Å². The molecule has 0 unspecified atom stereocenters. The molecule has 24 heavy (non-hydrogen) atoms. The molecule has 4 nitrogen and oxygen atoms in total. The van der Waals surface area contributed by atoms with Gasteiger partial charge in [0.2, 0.25) is 0 Å². The van der Waals surface area contributed by atoms with Crippen molar-refractivity contribution < 1.29 is 27.4 Å². The van der Waals surface area contributed by atoms with Gasteiger partial charge >= 0.3 is 6.18 Å². The Morgan fingerprint density at radius 3 is 2.38 bits per heavy atom. The lowest BCUT2D eigenvalue weighted by Gasteiger charge is -2.16. The van der Waals surface area contributed by atoms with E-state index in [1.807, 2.05) is 0 Å². The van der Waals surface area contributed by atoms with Crippen LogP contribution in [0, 0.1) is 5.92 Å². The quantitative estimate of drug-likeness (QED) is 0.657. The lowest BCUT2D eigenvalue weighted by Crippen LogP contribution is -2.20. The number of halogens is 3. The zero-order valence-corrected chi connectivity index (χ0v) is 14.0. The Balaban J connectivity index is 1.97. The van der Waals surface area contributed by atoms with E-state index in [-0.39, 0.29) is 5.75 Å². The van der Waals surface area contributed by atoms with Crippen molar-refractivity contribution in [2.45, 2.75) is 31.9 Å². The predicted molar refractivity (Wildman–Crippen MR) is 85.0 cm³/mol. The predicted octanol–water partition coefficient (Wildman–Crippen LogP) is 3.58. The van der Waals surface area contributed by atoms with Gasteiger partial charge in [-0.15, -0.1) is 0 Å². The second-order valence-corrected chi connectivity index (χ2v) is 5.93. The van der Waals surface area contributed by atoms with Gasteiger partial charge in [0.05, 0.1) is 27.2 Å². The van der Waals surface area contributed by atoms with E-state index in [2.05, 4.69) is 5.32 Å². The molecule has 1 aliphatic rings. The van der Waals surface area contributed by atoms with Gasteiger partial charge in [-0.25, -0.2) is 0 Å². The zero-order chi connectivity index (χ0) is 17.6. The SMILES string of the molecule is COc1cc(OCCC(F)(F)F)c(OC)cc1CCNCC1CC1. The van der Waals surface area contributed by atoms with E-state index in [1.165, 1.54) is 27.1 Å². The second kappa shape index (κ2) is 8.46. The molecule has 0 saturated heterocycles. The largest absolute Gasteiger partial charge is 0.496 e. The van der Waals surface area contributed by atoms with Crippen LogP contribution in [0.15, 0.2) is 12.1 Å². The maximum absolute atomic E-state index is 12.2. The summed E-state index contributed by atoms with van der Waals surface area (Å²) in [6.07, 6.45) is -1.91. The highest BCUT2D eigenvalue weighted by atomic mass is 19.4. The number of ether oxygens (including phenoxy) is 3. The van der Waals surface area contributed by atoms with Gasteiger partial charge in [-0.1, -0.05) is 0 Å². The third-order valence-corrected chi connectivity index (χ3v) is 3.91. The van der Waals surface area contributed by atoms with Crippen LogP contribution in [0.5, 0.6) is 17.2 Å². The molecule has 0 radical (unpaired) electrons. The van der Waals surface area contributed by atoms with E-state index in [4.69, 9.17) is 14.2 Å². The van der Waals surface area contributed by atoms with Gasteiger partial charge in [0.1, 0.15) is 5.75 Å². The molecule has 1 aliphatic carbocycles. The number of nitrogens with one attached hydrogen (secondary N) is 1. The highest BCUT2D eigenvalue weighted by Crippen LogP contribution is 2.35. The number of rotatable bonds is 10. The number of hydrogen-bond donors (Lipinski definition) is 1. The van der Waals surface area contributed by atoms with Crippen LogP contribution in [0.25, 0.3) is 0 Å². The normalized spacial score (nSPS) is 14.5. The van der Waals surface area contributed by atoms with Crippen molar-refractivity contribution in [3.05, 3.63) is 17.7 Å². The van der Waals surface area contributed by atoms with Crippen molar-refractivity contribution in [2.75, 3.05) is 33.9 Å². The molecule has 1 fully saturated rings. The first-order chi connectivity index (χ1) is 11.4. The van der Waals surface area contributed by atoms with Crippen LogP contribution in [0.4, 0.5) is 13.2 Å². The van der Waals surface area contributed by atoms with Gasteiger partial charge in [-0.3, -0.25) is 0 Å². The van der Waals surface area contributed by atoms with Crippen LogP contribution in [0.2, 0.25) is 0 Å². The molecule has 0 heterocycles. The molecule has 136 valence electrons. The molecule has 2 rings (SSSR count). The number of methoxy groups -OCH3 is 2. The summed E-state index contributed by atoms with van der Waals surface area (Å²) in [5.74, 6) is 2.07. The average Bonchev–Trinajstić information content (AvgIpc) is 3.34. The van der Waals surface area contributed by atoms with Crippen LogP contribution >= 0.6 is 0 Å². The fourth-order valence-electron chi connectivity index (χ4n) is 2.37. The summed E-state index contributed by atoms with van der Waals surface area (Å²) in [4.78, 5) is 0. The molecular formula is C17H24F3NO3. The molecular weight excluding hydrogens is 323 g/mol. The number of alkyl halides is 3. The summed E-state index contributed by atoms with van der Waals surface area (Å²) in [7, 11) is 3.00. The smallest absolute Gasteiger partial charge is 0.392 e. The average molecular weight is 347 g/mol. The first-order valence-corrected chi connectivity index (χ1v) is 8.08. The van der Waals surface area contributed by atoms with Crippen molar-refractivity contribution in [1.29, 1.82) is 0 Å². The molecule has 0 aliphatic heterocycles. The van der Waals surface area contributed by atoms with E-state index in [1.54, 1.807) is 12.1 Å². The highest BCUT2D eigenvalue weighted by molar-refractivity contribution is 5.50. The Bertz CT molecular complexity index is 531. The molecule has 7 heteroatoms. The highest BCUT2D eigenvalue weighted by Gasteiger charge is 2.27. The zero-order valence-electron chi connectivity index (χ0n) is 14.0. The van der Waals surface area contributed by atoms with Gasteiger partial charge in [0.25, 0.3) is 0 Å². The molecule has 0 amide bonds. The summed E-state index contributed by atoms with van der Waals surface area (Å²) in [6, 6.07) is 3.35. The van der Waals surface area contributed by atoms with Gasteiger partial charge < -0.3 is 19.5 Å². The van der Waals surface area contributed by atoms with Gasteiger partial charge in [-0.05, 0) is 49.9 Å². The Kier molecular flexibility index (Phi) is 6.60. The Labute approximate surface area is 140 Å². The van der Waals surface area contributed by atoms with Gasteiger partial charge in [0, 0.05) is 6.07 Å². The molecule has 1 aromatic carbocycles. The Hall–Kier alpha value is -1.63. The van der Waals surface area contributed by atoms with Crippen LogP contribution in [0.1, 0.15) is 24.8 Å². The summed E-state index contributed by atoms with van der Waals surface area (Å²) in [5, 5.41) is 3.40. The summed E-state index contributed by atoms with van der Waals surface area (Å²) >= 11 is 0. The van der Waals surface area contributed by atoms with Crippen molar-refractivity contribution in [2.24, 2.45) is 5.92 Å². The van der Waals surface area contributed by atoms with E-state index in [0.29, 0.717) is 11.5 Å². The van der Waals surface area contributed by atoms with Crippen molar-refractivity contribution in [1.82, 2.24) is 5.32 Å². The minimum Gasteiger partial charge on any atom is -0.496 e. The first-order valence-electron chi connectivity index (χ1n) is 8.08. The standard InChI is InChI=1S/C17H24F3NO3/c1-22-14-10-16(24-8-6-17(18,19)20)15(23-2)9-13(14)5-7-21-11-12-3-4-12/h9-10,12,21H,3-8,11H2,1-2H3. The van der Waals surface area contributed by atoms with Crippen LogP contribution in [-0.2, 0) is 6.42 Å². The first kappa shape index (κ1) is 18.7. The molecule has 1 N–H and O–H groups in total. The van der Waals surface area contributed by atoms with E-state index in [0.717, 1.165) is 31.0 Å². The lowest BCUT2D eigenvalue weighted by atomic mass is 10.1. The van der Waals surface area contributed by atoms with E-state index >= 15 is 0 Å². The van der Waals surface area contributed by atoms with Crippen LogP contribution < -0.4 is 19.5 Å². The molecule has 0 aromatic heterocycles. The molecule has 0 spiro atoms. The van der Waals surface area contributed by atoms with Crippen molar-refractivity contribution >= 4 is 0 Å². The van der Waals surface area contributed by atoms with Crippen LogP contribution in [-0.4, -0.2) is 40.1 Å². The number of hydrogen-bond acceptors (Lipinski definition) is 4. The minimum absolute atomic E-state index is 0.258. The van der Waals surface area contributed by atoms with Gasteiger partial charge in [-0.2, -0.15) is 13.2 Å². The van der Waals surface area contributed by atoms with E-state index in [9.17, 15) is 13.2 Å². The summed E-state index contributed by atoms with van der Waals surface area (Å²) in [6.45, 7) is 1.38. The molecule has 0 bridgehead atoms. The fraction of sp³-hybridized carbons (Fsp3) is 0.647. The summed E-state index contributed by atoms with van der Waals surface area (Å²) < 4.78 is 52.5. The van der Waals surface area contributed by atoms with Crippen molar-refractivity contribution in [3.63, 3.8) is 0 Å². The minimum atomic E-state index is -4.25. The maximum atomic E-state index is 12.2. The molecule has 1 aromatic rings. The topological polar surface area (TPSA) is 39.7 Å². The fourth-order valence-corrected chi connectivity index (χ4v) is 2.37. The maximum Gasteiger partial charge on any atom is 0.392 e. The molecule has 1 saturated carbocycles. The lowest BCUT2D eigenvalue weighted by molar-refractivity contribution is -0.139. The van der Waals surface area contributed by atoms with Crippen LogP contribution in [0.3, 0.4) is 0 Å².